The maximum atomic E-state index is 5.95. The van der Waals surface area contributed by atoms with Crippen molar-refractivity contribution >= 4 is 23.4 Å². The first-order chi connectivity index (χ1) is 12.3. The number of nitrogens with zero attached hydrogens (tertiary/aromatic N) is 3. The van der Waals surface area contributed by atoms with Gasteiger partial charge in [-0.3, -0.25) is 4.57 Å². The van der Waals surface area contributed by atoms with Gasteiger partial charge in [-0.2, -0.15) is 0 Å². The van der Waals surface area contributed by atoms with Crippen LogP contribution in [0, 0.1) is 0 Å². The first-order valence-electron chi connectivity index (χ1n) is 8.25. The summed E-state index contributed by atoms with van der Waals surface area (Å²) >= 11 is 7.61. The van der Waals surface area contributed by atoms with Crippen LogP contribution in [0.4, 0.5) is 0 Å². The zero-order valence-electron chi connectivity index (χ0n) is 13.6. The molecule has 3 aromatic rings. The highest BCUT2D eigenvalue weighted by molar-refractivity contribution is 7.98. The number of furan rings is 1. The van der Waals surface area contributed by atoms with Crippen molar-refractivity contribution in [2.24, 2.45) is 0 Å². The molecule has 3 heterocycles. The number of ether oxygens (including phenoxy) is 1. The second-order valence-corrected chi connectivity index (χ2v) is 7.32. The maximum absolute atomic E-state index is 5.95. The van der Waals surface area contributed by atoms with Crippen LogP contribution < -0.4 is 0 Å². The largest absolute Gasteiger partial charge is 0.461 e. The summed E-state index contributed by atoms with van der Waals surface area (Å²) in [5, 5.41) is 10.3. The molecule has 1 aliphatic heterocycles. The molecule has 7 heteroatoms. The van der Waals surface area contributed by atoms with Crippen molar-refractivity contribution in [3.63, 3.8) is 0 Å². The Balaban J connectivity index is 1.56. The molecule has 1 aromatic carbocycles. The van der Waals surface area contributed by atoms with Crippen LogP contribution in [0.5, 0.6) is 0 Å². The van der Waals surface area contributed by atoms with E-state index in [9.17, 15) is 0 Å². The first kappa shape index (κ1) is 16.7. The Bertz CT molecular complexity index is 811. The van der Waals surface area contributed by atoms with E-state index < -0.39 is 0 Å². The van der Waals surface area contributed by atoms with Gasteiger partial charge in [0.1, 0.15) is 0 Å². The van der Waals surface area contributed by atoms with E-state index in [4.69, 9.17) is 20.8 Å². The molecule has 0 bridgehead atoms. The molecule has 0 amide bonds. The minimum Gasteiger partial charge on any atom is -0.461 e. The molecule has 2 aromatic heterocycles. The Morgan fingerprint density at radius 1 is 1.20 bits per heavy atom. The van der Waals surface area contributed by atoms with Gasteiger partial charge in [-0.05, 0) is 42.7 Å². The quantitative estimate of drug-likeness (QED) is 0.586. The van der Waals surface area contributed by atoms with Crippen molar-refractivity contribution in [2.75, 3.05) is 6.61 Å². The molecule has 1 saturated heterocycles. The molecule has 0 aliphatic carbocycles. The first-order valence-corrected chi connectivity index (χ1v) is 9.62. The molecular formula is C18H18ClN3O2S. The molecule has 4 rings (SSSR count). The third kappa shape index (κ3) is 3.92. The lowest BCUT2D eigenvalue weighted by Crippen LogP contribution is -2.16. The van der Waals surface area contributed by atoms with Crippen molar-refractivity contribution in [3.8, 4) is 11.6 Å². The summed E-state index contributed by atoms with van der Waals surface area (Å²) in [4.78, 5) is 0. The van der Waals surface area contributed by atoms with E-state index in [1.165, 1.54) is 5.56 Å². The molecule has 0 radical (unpaired) electrons. The molecule has 0 N–H and O–H groups in total. The van der Waals surface area contributed by atoms with Crippen LogP contribution in [0.2, 0.25) is 5.02 Å². The SMILES string of the molecule is Clc1ccc(CSc2nnc(-c3ccco3)n2CC2CCCO2)cc1. The van der Waals surface area contributed by atoms with Crippen LogP contribution in [0.1, 0.15) is 18.4 Å². The summed E-state index contributed by atoms with van der Waals surface area (Å²) in [6, 6.07) is 11.6. The van der Waals surface area contributed by atoms with E-state index in [-0.39, 0.29) is 6.10 Å². The van der Waals surface area contributed by atoms with Crippen molar-refractivity contribution in [1.29, 1.82) is 0 Å². The van der Waals surface area contributed by atoms with Gasteiger partial charge in [0.15, 0.2) is 10.9 Å². The average molecular weight is 376 g/mol. The van der Waals surface area contributed by atoms with Gasteiger partial charge in [0.25, 0.3) is 0 Å². The molecule has 1 unspecified atom stereocenters. The molecule has 1 fully saturated rings. The van der Waals surface area contributed by atoms with Crippen molar-refractivity contribution < 1.29 is 9.15 Å². The Morgan fingerprint density at radius 3 is 2.80 bits per heavy atom. The Labute approximate surface area is 155 Å². The van der Waals surface area contributed by atoms with Gasteiger partial charge in [-0.15, -0.1) is 10.2 Å². The smallest absolute Gasteiger partial charge is 0.200 e. The Hall–Kier alpha value is -1.76. The van der Waals surface area contributed by atoms with Gasteiger partial charge in [0.05, 0.1) is 18.9 Å². The van der Waals surface area contributed by atoms with Crippen LogP contribution in [0.3, 0.4) is 0 Å². The molecule has 1 atom stereocenters. The summed E-state index contributed by atoms with van der Waals surface area (Å²) in [6.45, 7) is 1.57. The number of aromatic nitrogens is 3. The third-order valence-electron chi connectivity index (χ3n) is 4.15. The molecule has 130 valence electrons. The van der Waals surface area contributed by atoms with Crippen LogP contribution in [-0.2, 0) is 17.0 Å². The van der Waals surface area contributed by atoms with Crippen LogP contribution in [-0.4, -0.2) is 27.5 Å². The number of thioether (sulfide) groups is 1. The molecule has 0 spiro atoms. The van der Waals surface area contributed by atoms with Crippen molar-refractivity contribution in [1.82, 2.24) is 14.8 Å². The Kier molecular flexibility index (Phi) is 5.10. The van der Waals surface area contributed by atoms with E-state index in [0.29, 0.717) is 0 Å². The predicted molar refractivity (Wildman–Crippen MR) is 97.7 cm³/mol. The van der Waals surface area contributed by atoms with Gasteiger partial charge in [-0.1, -0.05) is 35.5 Å². The third-order valence-corrected chi connectivity index (χ3v) is 5.44. The van der Waals surface area contributed by atoms with Crippen molar-refractivity contribution in [2.45, 2.75) is 36.4 Å². The monoisotopic (exact) mass is 375 g/mol. The predicted octanol–water partition coefficient (Wildman–Crippen LogP) is 4.66. The molecule has 25 heavy (non-hydrogen) atoms. The fourth-order valence-electron chi connectivity index (χ4n) is 2.87. The second kappa shape index (κ2) is 7.64. The Morgan fingerprint density at radius 2 is 2.08 bits per heavy atom. The lowest BCUT2D eigenvalue weighted by Gasteiger charge is -2.14. The molecule has 5 nitrogen and oxygen atoms in total. The number of benzene rings is 1. The van der Waals surface area contributed by atoms with Crippen molar-refractivity contribution in [3.05, 3.63) is 53.2 Å². The fraction of sp³-hybridized carbons (Fsp3) is 0.333. The molecular weight excluding hydrogens is 358 g/mol. The summed E-state index contributed by atoms with van der Waals surface area (Å²) in [5.74, 6) is 2.28. The average Bonchev–Trinajstić information content (AvgIpc) is 3.37. The molecule has 1 aliphatic rings. The number of halogens is 1. The normalized spacial score (nSPS) is 17.2. The minimum absolute atomic E-state index is 0.208. The standard InChI is InChI=1S/C18H18ClN3O2S/c19-14-7-5-13(6-8-14)12-25-18-21-20-17(16-4-2-10-24-16)22(18)11-15-3-1-9-23-15/h2,4-8,10,15H,1,3,9,11-12H2. The lowest BCUT2D eigenvalue weighted by molar-refractivity contribution is 0.0952. The van der Waals surface area contributed by atoms with Gasteiger partial charge in [-0.25, -0.2) is 0 Å². The zero-order chi connectivity index (χ0) is 17.1. The van der Waals surface area contributed by atoms with E-state index in [1.807, 2.05) is 36.4 Å². The van der Waals surface area contributed by atoms with E-state index in [2.05, 4.69) is 14.8 Å². The number of hydrogen-bond donors (Lipinski definition) is 0. The van der Waals surface area contributed by atoms with E-state index >= 15 is 0 Å². The highest BCUT2D eigenvalue weighted by Gasteiger charge is 2.22. The topological polar surface area (TPSA) is 53.1 Å². The summed E-state index contributed by atoms with van der Waals surface area (Å²) in [6.07, 6.45) is 4.04. The number of hydrogen-bond acceptors (Lipinski definition) is 5. The van der Waals surface area contributed by atoms with Gasteiger partial charge in [0.2, 0.25) is 5.82 Å². The van der Waals surface area contributed by atoms with Gasteiger partial charge in [0, 0.05) is 17.4 Å². The van der Waals surface area contributed by atoms with Crippen LogP contribution >= 0.6 is 23.4 Å². The maximum Gasteiger partial charge on any atom is 0.200 e. The van der Waals surface area contributed by atoms with Crippen LogP contribution in [0.15, 0.2) is 52.2 Å². The highest BCUT2D eigenvalue weighted by atomic mass is 35.5. The van der Waals surface area contributed by atoms with Gasteiger partial charge >= 0.3 is 0 Å². The zero-order valence-corrected chi connectivity index (χ0v) is 15.2. The highest BCUT2D eigenvalue weighted by Crippen LogP contribution is 2.28. The number of rotatable bonds is 6. The molecule has 0 saturated carbocycles. The fourth-order valence-corrected chi connectivity index (χ4v) is 3.90. The summed E-state index contributed by atoms with van der Waals surface area (Å²) in [7, 11) is 0. The van der Waals surface area contributed by atoms with Gasteiger partial charge < -0.3 is 9.15 Å². The van der Waals surface area contributed by atoms with Crippen LogP contribution in [0.25, 0.3) is 11.6 Å². The summed E-state index contributed by atoms with van der Waals surface area (Å²) in [5.41, 5.74) is 1.20. The lowest BCUT2D eigenvalue weighted by atomic mass is 10.2. The van der Waals surface area contributed by atoms with E-state index in [0.717, 1.165) is 53.5 Å². The minimum atomic E-state index is 0.208. The summed E-state index contributed by atoms with van der Waals surface area (Å²) < 4.78 is 13.4. The second-order valence-electron chi connectivity index (χ2n) is 5.94. The van der Waals surface area contributed by atoms with E-state index in [1.54, 1.807) is 18.0 Å².